The molecule has 0 unspecified atom stereocenters. The van der Waals surface area contributed by atoms with Crippen LogP contribution in [0.3, 0.4) is 0 Å². The predicted molar refractivity (Wildman–Crippen MR) is 135 cm³/mol. The number of ether oxygens (including phenoxy) is 3. The van der Waals surface area contributed by atoms with Crippen molar-refractivity contribution < 1.29 is 36.6 Å². The van der Waals surface area contributed by atoms with Crippen molar-refractivity contribution in [2.75, 3.05) is 19.0 Å². The van der Waals surface area contributed by atoms with E-state index in [1.165, 1.54) is 31.0 Å². The summed E-state index contributed by atoms with van der Waals surface area (Å²) in [5, 5.41) is 2.43. The number of carbonyl (C=O) groups is 1. The van der Waals surface area contributed by atoms with Gasteiger partial charge >= 0.3 is 6.61 Å². The Bertz CT molecular complexity index is 1540. The third-order valence-corrected chi connectivity index (χ3v) is 5.71. The largest absolute Gasteiger partial charge is 0.497 e. The lowest BCUT2D eigenvalue weighted by Gasteiger charge is -2.13. The summed E-state index contributed by atoms with van der Waals surface area (Å²) in [6.45, 7) is -0.902. The van der Waals surface area contributed by atoms with E-state index in [1.54, 1.807) is 31.2 Å². The molecule has 0 aliphatic rings. The van der Waals surface area contributed by atoms with Gasteiger partial charge in [-0.05, 0) is 43.3 Å². The molecule has 0 spiro atoms. The van der Waals surface area contributed by atoms with Gasteiger partial charge in [0.1, 0.15) is 40.3 Å². The first kappa shape index (κ1) is 27.3. The Balaban J connectivity index is 1.87. The average molecular weight is 545 g/mol. The number of nitrogens with one attached hydrogen (secondary N) is 1. The number of nitrogens with zero attached hydrogens (tertiary/aromatic N) is 2. The third-order valence-electron chi connectivity index (χ3n) is 5.71. The van der Waals surface area contributed by atoms with Crippen LogP contribution in [0.1, 0.15) is 17.3 Å². The Kier molecular flexibility index (Phi) is 7.93. The molecule has 8 nitrogen and oxygen atoms in total. The van der Waals surface area contributed by atoms with Crippen LogP contribution in [0.5, 0.6) is 17.2 Å². The van der Waals surface area contributed by atoms with E-state index >= 15 is 8.78 Å². The van der Waals surface area contributed by atoms with Crippen LogP contribution < -0.4 is 25.1 Å². The van der Waals surface area contributed by atoms with Gasteiger partial charge in [-0.25, -0.2) is 13.5 Å². The van der Waals surface area contributed by atoms with Crippen molar-refractivity contribution in [3.8, 4) is 34.2 Å². The van der Waals surface area contributed by atoms with E-state index in [2.05, 4.69) is 10.1 Å². The first-order valence-corrected chi connectivity index (χ1v) is 11.6. The van der Waals surface area contributed by atoms with Crippen molar-refractivity contribution in [1.82, 2.24) is 9.36 Å². The smallest absolute Gasteiger partial charge is 0.387 e. The number of rotatable bonds is 9. The van der Waals surface area contributed by atoms with E-state index in [-0.39, 0.29) is 22.8 Å². The second kappa shape index (κ2) is 11.3. The second-order valence-electron chi connectivity index (χ2n) is 8.12. The number of hydrogen-bond donors (Lipinski definition) is 1. The maximum atomic E-state index is 15.2. The Morgan fingerprint density at radius 2 is 1.64 bits per heavy atom. The van der Waals surface area contributed by atoms with Crippen molar-refractivity contribution in [2.45, 2.75) is 13.5 Å². The lowest BCUT2D eigenvalue weighted by molar-refractivity contribution is -0.0498. The number of aromatic nitrogens is 2. The van der Waals surface area contributed by atoms with E-state index in [9.17, 15) is 18.4 Å². The molecule has 3 aromatic carbocycles. The summed E-state index contributed by atoms with van der Waals surface area (Å²) < 4.78 is 72.4. The molecule has 204 valence electrons. The summed E-state index contributed by atoms with van der Waals surface area (Å²) in [6.07, 6.45) is 0. The standard InChI is InChI=1S/C27H23F4N3O5/c1-4-38-18-7-5-6-16(12-18)34-26(36)23(32-25(35)15-8-10-17(11-9-15)39-27(30)31)24(33(34)2)22-20(28)13-19(37-3)14-21(22)29/h5-14,27H,4H2,1-3H3,(H,32,35). The minimum absolute atomic E-state index is 0.0219. The fourth-order valence-electron chi connectivity index (χ4n) is 4.03. The maximum absolute atomic E-state index is 15.2. The zero-order valence-corrected chi connectivity index (χ0v) is 21.0. The highest BCUT2D eigenvalue weighted by molar-refractivity contribution is 6.06. The molecule has 0 saturated heterocycles. The van der Waals surface area contributed by atoms with Crippen LogP contribution in [0.15, 0.2) is 65.5 Å². The first-order chi connectivity index (χ1) is 18.6. The van der Waals surface area contributed by atoms with Crippen LogP contribution in [0, 0.1) is 11.6 Å². The fraction of sp³-hybridized carbons (Fsp3) is 0.185. The molecule has 12 heteroatoms. The Morgan fingerprint density at radius 3 is 2.23 bits per heavy atom. The topological polar surface area (TPSA) is 83.7 Å². The lowest BCUT2D eigenvalue weighted by Crippen LogP contribution is -2.23. The number of benzene rings is 3. The Morgan fingerprint density at radius 1 is 0.974 bits per heavy atom. The van der Waals surface area contributed by atoms with Crippen molar-refractivity contribution in [2.24, 2.45) is 7.05 Å². The molecule has 0 aliphatic carbocycles. The molecule has 4 rings (SSSR count). The minimum atomic E-state index is -3.05. The quantitative estimate of drug-likeness (QED) is 0.286. The molecule has 0 atom stereocenters. The van der Waals surface area contributed by atoms with Gasteiger partial charge in [-0.2, -0.15) is 8.78 Å². The molecular weight excluding hydrogens is 522 g/mol. The number of amides is 1. The molecule has 39 heavy (non-hydrogen) atoms. The highest BCUT2D eigenvalue weighted by atomic mass is 19.3. The summed E-state index contributed by atoms with van der Waals surface area (Å²) in [4.78, 5) is 26.7. The number of carbonyl (C=O) groups excluding carboxylic acids is 1. The second-order valence-corrected chi connectivity index (χ2v) is 8.12. The van der Waals surface area contributed by atoms with Gasteiger partial charge in [0, 0.05) is 30.8 Å². The van der Waals surface area contributed by atoms with Crippen molar-refractivity contribution in [3.63, 3.8) is 0 Å². The lowest BCUT2D eigenvalue weighted by atomic mass is 10.1. The van der Waals surface area contributed by atoms with E-state index < -0.39 is 41.0 Å². The first-order valence-electron chi connectivity index (χ1n) is 11.6. The Labute approximate surface area is 219 Å². The molecule has 4 aromatic rings. The number of hydrogen-bond acceptors (Lipinski definition) is 5. The Hall–Kier alpha value is -4.74. The van der Waals surface area contributed by atoms with Gasteiger partial charge in [-0.1, -0.05) is 6.07 Å². The van der Waals surface area contributed by atoms with E-state index in [0.717, 1.165) is 28.9 Å². The van der Waals surface area contributed by atoms with Gasteiger partial charge in [-0.3, -0.25) is 14.3 Å². The summed E-state index contributed by atoms with van der Waals surface area (Å²) in [5.41, 5.74) is -1.76. The van der Waals surface area contributed by atoms with E-state index in [4.69, 9.17) is 9.47 Å². The number of anilines is 1. The van der Waals surface area contributed by atoms with Crippen LogP contribution in [0.4, 0.5) is 23.2 Å². The summed E-state index contributed by atoms with van der Waals surface area (Å²) in [5.74, 6) is -2.71. The van der Waals surface area contributed by atoms with Crippen LogP contribution in [-0.4, -0.2) is 35.6 Å². The average Bonchev–Trinajstić information content (AvgIpc) is 3.13. The van der Waals surface area contributed by atoms with Gasteiger partial charge < -0.3 is 19.5 Å². The zero-order chi connectivity index (χ0) is 28.3. The van der Waals surface area contributed by atoms with E-state index in [1.807, 2.05) is 0 Å². The van der Waals surface area contributed by atoms with Crippen LogP contribution in [-0.2, 0) is 7.05 Å². The highest BCUT2D eigenvalue weighted by Crippen LogP contribution is 2.34. The molecule has 0 fully saturated rings. The molecule has 1 amide bonds. The molecular formula is C27H23F4N3O5. The van der Waals surface area contributed by atoms with Crippen molar-refractivity contribution >= 4 is 11.6 Å². The van der Waals surface area contributed by atoms with Gasteiger partial charge in [-0.15, -0.1) is 0 Å². The zero-order valence-electron chi connectivity index (χ0n) is 21.0. The maximum Gasteiger partial charge on any atom is 0.387 e. The molecule has 0 saturated carbocycles. The molecule has 1 N–H and O–H groups in total. The summed E-state index contributed by atoms with van der Waals surface area (Å²) in [6, 6.07) is 13.0. The summed E-state index contributed by atoms with van der Waals surface area (Å²) in [7, 11) is 2.65. The summed E-state index contributed by atoms with van der Waals surface area (Å²) >= 11 is 0. The minimum Gasteiger partial charge on any atom is -0.497 e. The molecule has 0 aliphatic heterocycles. The monoisotopic (exact) mass is 545 g/mol. The van der Waals surface area contributed by atoms with Crippen LogP contribution in [0.2, 0.25) is 0 Å². The van der Waals surface area contributed by atoms with Gasteiger partial charge in [0.2, 0.25) is 0 Å². The molecule has 1 heterocycles. The predicted octanol–water partition coefficient (Wildman–Crippen LogP) is 5.38. The van der Waals surface area contributed by atoms with Gasteiger partial charge in [0.25, 0.3) is 11.5 Å². The number of methoxy groups -OCH3 is 1. The fourth-order valence-corrected chi connectivity index (χ4v) is 4.03. The normalized spacial score (nSPS) is 11.0. The molecule has 1 aromatic heterocycles. The molecule has 0 radical (unpaired) electrons. The third kappa shape index (κ3) is 5.59. The van der Waals surface area contributed by atoms with Crippen molar-refractivity contribution in [3.05, 3.63) is 88.2 Å². The number of alkyl halides is 2. The number of halogens is 4. The van der Waals surface area contributed by atoms with Crippen molar-refractivity contribution in [1.29, 1.82) is 0 Å². The molecule has 0 bridgehead atoms. The SMILES string of the molecule is CCOc1cccc(-n2c(=O)c(NC(=O)c3ccc(OC(F)F)cc3)c(-c3c(F)cc(OC)cc3F)n2C)c1. The van der Waals surface area contributed by atoms with E-state index in [0.29, 0.717) is 18.0 Å². The van der Waals surface area contributed by atoms with Gasteiger partial charge in [0.05, 0.1) is 25.0 Å². The van der Waals surface area contributed by atoms with Crippen LogP contribution >= 0.6 is 0 Å². The highest BCUT2D eigenvalue weighted by Gasteiger charge is 2.28. The van der Waals surface area contributed by atoms with Gasteiger partial charge in [0.15, 0.2) is 0 Å². The van der Waals surface area contributed by atoms with Crippen LogP contribution in [0.25, 0.3) is 16.9 Å².